The third-order valence-electron chi connectivity index (χ3n) is 8.34. The molecule has 6 rings (SSSR count). The number of benzene rings is 3. The van der Waals surface area contributed by atoms with Gasteiger partial charge in [-0.05, 0) is 95.9 Å². The van der Waals surface area contributed by atoms with Crippen molar-refractivity contribution in [1.29, 1.82) is 0 Å². The fourth-order valence-electron chi connectivity index (χ4n) is 6.77. The fourth-order valence-corrected chi connectivity index (χ4v) is 6.77. The zero-order chi connectivity index (χ0) is 22.5. The maximum absolute atomic E-state index is 13.1. The lowest BCUT2D eigenvalue weighted by Crippen LogP contribution is -2.35. The van der Waals surface area contributed by atoms with Crippen molar-refractivity contribution < 1.29 is 4.79 Å². The van der Waals surface area contributed by atoms with Crippen LogP contribution >= 0.6 is 0 Å². The monoisotopic (exact) mass is 436 g/mol. The van der Waals surface area contributed by atoms with Gasteiger partial charge in [0.1, 0.15) is 0 Å². The van der Waals surface area contributed by atoms with Crippen molar-refractivity contribution in [2.45, 2.75) is 51.0 Å². The van der Waals surface area contributed by atoms with Crippen molar-refractivity contribution in [3.63, 3.8) is 0 Å². The minimum absolute atomic E-state index is 0.0278. The molecule has 3 nitrogen and oxygen atoms in total. The van der Waals surface area contributed by atoms with Gasteiger partial charge in [0.15, 0.2) is 0 Å². The van der Waals surface area contributed by atoms with Crippen LogP contribution in [-0.2, 0) is 0 Å². The number of hydrogen-bond acceptors (Lipinski definition) is 2. The number of amides is 1. The molecule has 0 aromatic heterocycles. The quantitative estimate of drug-likeness (QED) is 0.449. The molecule has 2 bridgehead atoms. The second kappa shape index (κ2) is 8.06. The first-order valence-electron chi connectivity index (χ1n) is 12.4. The van der Waals surface area contributed by atoms with Gasteiger partial charge < -0.3 is 10.6 Å². The number of carbonyl (C=O) groups excluding carboxylic acids is 1. The molecular formula is C30H32N2O. The highest BCUT2D eigenvalue weighted by atomic mass is 16.1. The van der Waals surface area contributed by atoms with E-state index in [2.05, 4.69) is 79.1 Å². The van der Waals surface area contributed by atoms with E-state index in [1.54, 1.807) is 0 Å². The van der Waals surface area contributed by atoms with Crippen LogP contribution in [0.2, 0.25) is 0 Å². The summed E-state index contributed by atoms with van der Waals surface area (Å²) in [6, 6.07) is 25.7. The van der Waals surface area contributed by atoms with Crippen molar-refractivity contribution in [3.8, 4) is 0 Å². The highest BCUT2D eigenvalue weighted by Gasteiger charge is 2.53. The molecule has 1 amide bonds. The highest BCUT2D eigenvalue weighted by Crippen LogP contribution is 2.63. The molecular weight excluding hydrogens is 404 g/mol. The summed E-state index contributed by atoms with van der Waals surface area (Å²) in [4.78, 5) is 13.1. The van der Waals surface area contributed by atoms with Crippen LogP contribution in [0, 0.1) is 17.8 Å². The molecule has 0 radical (unpaired) electrons. The maximum atomic E-state index is 13.1. The van der Waals surface area contributed by atoms with Crippen LogP contribution in [0.3, 0.4) is 0 Å². The summed E-state index contributed by atoms with van der Waals surface area (Å²) in [5, 5.41) is 6.97. The average Bonchev–Trinajstić information content (AvgIpc) is 3.47. The van der Waals surface area contributed by atoms with Crippen molar-refractivity contribution in [2.75, 3.05) is 10.6 Å². The second-order valence-corrected chi connectivity index (χ2v) is 10.5. The third-order valence-corrected chi connectivity index (χ3v) is 8.34. The number of anilines is 2. The van der Waals surface area contributed by atoms with Gasteiger partial charge in [-0.3, -0.25) is 4.79 Å². The summed E-state index contributed by atoms with van der Waals surface area (Å²) in [7, 11) is 0. The van der Waals surface area contributed by atoms with Gasteiger partial charge in [-0.2, -0.15) is 0 Å². The van der Waals surface area contributed by atoms with E-state index < -0.39 is 0 Å². The molecule has 0 saturated heterocycles. The molecule has 3 heteroatoms. The van der Waals surface area contributed by atoms with Crippen LogP contribution < -0.4 is 10.6 Å². The first-order valence-corrected chi connectivity index (χ1v) is 12.4. The van der Waals surface area contributed by atoms with Crippen LogP contribution in [0.4, 0.5) is 11.4 Å². The van der Waals surface area contributed by atoms with Gasteiger partial charge in [0.25, 0.3) is 5.91 Å². The van der Waals surface area contributed by atoms with Crippen LogP contribution in [-0.4, -0.2) is 5.91 Å². The average molecular weight is 437 g/mol. The van der Waals surface area contributed by atoms with Gasteiger partial charge in [0.05, 0.1) is 6.04 Å². The molecule has 2 saturated carbocycles. The second-order valence-electron chi connectivity index (χ2n) is 10.5. The summed E-state index contributed by atoms with van der Waals surface area (Å²) in [6.45, 7) is 4.36. The Morgan fingerprint density at radius 2 is 1.70 bits per heavy atom. The minimum Gasteiger partial charge on any atom is -0.378 e. The molecule has 2 fully saturated rings. The van der Waals surface area contributed by atoms with Gasteiger partial charge in [-0.1, -0.05) is 56.3 Å². The lowest BCUT2D eigenvalue weighted by atomic mass is 9.68. The Bertz CT molecular complexity index is 1170. The summed E-state index contributed by atoms with van der Waals surface area (Å²) in [5.74, 6) is 3.14. The molecule has 168 valence electrons. The predicted octanol–water partition coefficient (Wildman–Crippen LogP) is 7.36. The van der Waals surface area contributed by atoms with E-state index in [1.165, 1.54) is 41.6 Å². The Labute approximate surface area is 196 Å². The molecule has 1 aliphatic heterocycles. The topological polar surface area (TPSA) is 41.1 Å². The van der Waals surface area contributed by atoms with E-state index in [1.807, 2.05) is 18.2 Å². The molecule has 33 heavy (non-hydrogen) atoms. The Balaban J connectivity index is 1.30. The Morgan fingerprint density at radius 3 is 2.45 bits per heavy atom. The van der Waals surface area contributed by atoms with E-state index in [9.17, 15) is 4.79 Å². The summed E-state index contributed by atoms with van der Waals surface area (Å²) >= 11 is 0. The number of rotatable bonds is 4. The number of hydrogen-bond donors (Lipinski definition) is 2. The fraction of sp³-hybridized carbons (Fsp3) is 0.367. The molecule has 3 aliphatic rings. The minimum atomic E-state index is -0.0278. The molecule has 3 aromatic carbocycles. The smallest absolute Gasteiger partial charge is 0.255 e. The number of carbonyl (C=O) groups is 1. The molecule has 2 N–H and O–H groups in total. The first kappa shape index (κ1) is 20.5. The third kappa shape index (κ3) is 3.55. The summed E-state index contributed by atoms with van der Waals surface area (Å²) in [5.41, 5.74) is 6.82. The SMILES string of the molecule is CC(C)c1ccc(NC(=O)c2ccc3c(c2)C2C4CCC(C4)C2C(c2ccccc2)N3)cc1. The van der Waals surface area contributed by atoms with Gasteiger partial charge >= 0.3 is 0 Å². The van der Waals surface area contributed by atoms with Crippen LogP contribution in [0.1, 0.15) is 78.0 Å². The van der Waals surface area contributed by atoms with Crippen molar-refractivity contribution in [2.24, 2.45) is 17.8 Å². The van der Waals surface area contributed by atoms with E-state index in [0.717, 1.165) is 23.1 Å². The van der Waals surface area contributed by atoms with Crippen LogP contribution in [0.15, 0.2) is 72.8 Å². The maximum Gasteiger partial charge on any atom is 0.255 e. The number of nitrogens with one attached hydrogen (secondary N) is 2. The van der Waals surface area contributed by atoms with Crippen molar-refractivity contribution >= 4 is 17.3 Å². The molecule has 3 aromatic rings. The van der Waals surface area contributed by atoms with Crippen molar-refractivity contribution in [1.82, 2.24) is 0 Å². The highest BCUT2D eigenvalue weighted by molar-refractivity contribution is 6.04. The van der Waals surface area contributed by atoms with Gasteiger partial charge in [0, 0.05) is 16.9 Å². The first-order chi connectivity index (χ1) is 16.1. The van der Waals surface area contributed by atoms with Gasteiger partial charge in [-0.15, -0.1) is 0 Å². The normalized spacial score (nSPS) is 27.1. The van der Waals surface area contributed by atoms with Crippen LogP contribution in [0.25, 0.3) is 0 Å². The lowest BCUT2D eigenvalue weighted by molar-refractivity contribution is 0.102. The van der Waals surface area contributed by atoms with E-state index in [4.69, 9.17) is 0 Å². The van der Waals surface area contributed by atoms with Crippen LogP contribution in [0.5, 0.6) is 0 Å². The molecule has 0 spiro atoms. The van der Waals surface area contributed by atoms with E-state index >= 15 is 0 Å². The molecule has 5 unspecified atom stereocenters. The van der Waals surface area contributed by atoms with E-state index in [-0.39, 0.29) is 5.91 Å². The lowest BCUT2D eigenvalue weighted by Gasteiger charge is -2.43. The Kier molecular flexibility index (Phi) is 5.01. The molecule has 5 atom stereocenters. The predicted molar refractivity (Wildman–Crippen MR) is 135 cm³/mol. The summed E-state index contributed by atoms with van der Waals surface area (Å²) in [6.07, 6.45) is 4.00. The zero-order valence-electron chi connectivity index (χ0n) is 19.4. The summed E-state index contributed by atoms with van der Waals surface area (Å²) < 4.78 is 0. The largest absolute Gasteiger partial charge is 0.378 e. The number of fused-ring (bicyclic) bond motifs is 7. The van der Waals surface area contributed by atoms with Crippen molar-refractivity contribution in [3.05, 3.63) is 95.1 Å². The van der Waals surface area contributed by atoms with E-state index in [0.29, 0.717) is 23.8 Å². The van der Waals surface area contributed by atoms with Gasteiger partial charge in [0.2, 0.25) is 0 Å². The molecule has 1 heterocycles. The zero-order valence-corrected chi connectivity index (χ0v) is 19.4. The Morgan fingerprint density at radius 1 is 0.939 bits per heavy atom. The molecule has 2 aliphatic carbocycles. The van der Waals surface area contributed by atoms with Gasteiger partial charge in [-0.25, -0.2) is 0 Å². The standard InChI is InChI=1S/C30H32N2O/c1-18(2)19-10-13-24(14-11-19)31-30(33)23-12-15-26-25(17-23)27-21-8-9-22(16-21)28(27)29(32-26)20-6-4-3-5-7-20/h3-7,10-15,17-18,21-22,27-29,32H,8-9,16H2,1-2H3,(H,31,33). The Hall–Kier alpha value is -3.07.